The first-order chi connectivity index (χ1) is 10.2. The van der Waals surface area contributed by atoms with E-state index in [1.165, 1.54) is 11.6 Å². The number of hydrogen-bond donors (Lipinski definition) is 1. The summed E-state index contributed by atoms with van der Waals surface area (Å²) in [5.41, 5.74) is 7.83. The molecule has 2 aromatic carbocycles. The molecule has 21 heavy (non-hydrogen) atoms. The van der Waals surface area contributed by atoms with Crippen LogP contribution >= 0.6 is 0 Å². The zero-order valence-corrected chi connectivity index (χ0v) is 12.4. The fourth-order valence-electron chi connectivity index (χ4n) is 2.18. The van der Waals surface area contributed by atoms with Crippen molar-refractivity contribution >= 4 is 0 Å². The lowest BCUT2D eigenvalue weighted by Gasteiger charge is -2.10. The largest absolute Gasteiger partial charge is 0.491 e. The van der Waals surface area contributed by atoms with Crippen molar-refractivity contribution in [3.63, 3.8) is 0 Å². The molecule has 0 heterocycles. The van der Waals surface area contributed by atoms with Crippen LogP contribution in [0.4, 0.5) is 4.39 Å². The molecular weight excluding hydrogens is 265 g/mol. The highest BCUT2D eigenvalue weighted by Gasteiger charge is 2.07. The van der Waals surface area contributed by atoms with Crippen LogP contribution in [-0.4, -0.2) is 6.61 Å². The van der Waals surface area contributed by atoms with Crippen LogP contribution in [-0.2, 0) is 6.42 Å². The number of benzene rings is 2. The van der Waals surface area contributed by atoms with Gasteiger partial charge in [-0.1, -0.05) is 36.4 Å². The predicted octanol–water partition coefficient (Wildman–Crippen LogP) is 4.25. The molecule has 2 rings (SSSR count). The third-order valence-corrected chi connectivity index (χ3v) is 3.44. The standard InChI is InChI=1S/C18H22FNO/c1-14(20)16-10-11-18(17(19)13-16)21-12-6-5-9-15-7-3-2-4-8-15/h2-4,7-8,10-11,13-14H,5-6,9,12,20H2,1H3/t14-/m0/s1. The highest BCUT2D eigenvalue weighted by Crippen LogP contribution is 2.21. The summed E-state index contributed by atoms with van der Waals surface area (Å²) < 4.78 is 19.3. The smallest absolute Gasteiger partial charge is 0.165 e. The van der Waals surface area contributed by atoms with Crippen molar-refractivity contribution in [2.24, 2.45) is 5.73 Å². The van der Waals surface area contributed by atoms with Crippen LogP contribution < -0.4 is 10.5 Å². The second-order valence-corrected chi connectivity index (χ2v) is 5.27. The molecule has 2 nitrogen and oxygen atoms in total. The van der Waals surface area contributed by atoms with E-state index in [4.69, 9.17) is 10.5 Å². The zero-order valence-electron chi connectivity index (χ0n) is 12.4. The minimum atomic E-state index is -0.340. The number of halogens is 1. The topological polar surface area (TPSA) is 35.2 Å². The third kappa shape index (κ3) is 4.87. The molecule has 0 aliphatic heterocycles. The van der Waals surface area contributed by atoms with Gasteiger partial charge in [-0.15, -0.1) is 0 Å². The highest BCUT2D eigenvalue weighted by atomic mass is 19.1. The summed E-state index contributed by atoms with van der Waals surface area (Å²) in [6, 6.07) is 15.1. The molecule has 0 amide bonds. The van der Waals surface area contributed by atoms with Gasteiger partial charge in [0.05, 0.1) is 6.61 Å². The summed E-state index contributed by atoms with van der Waals surface area (Å²) in [4.78, 5) is 0. The molecule has 3 heteroatoms. The summed E-state index contributed by atoms with van der Waals surface area (Å²) in [5, 5.41) is 0. The molecule has 0 spiro atoms. The van der Waals surface area contributed by atoms with Gasteiger partial charge in [-0.3, -0.25) is 0 Å². The minimum Gasteiger partial charge on any atom is -0.491 e. The molecular formula is C18H22FNO. The first-order valence-corrected chi connectivity index (χ1v) is 7.38. The molecule has 0 aromatic heterocycles. The van der Waals surface area contributed by atoms with E-state index in [0.29, 0.717) is 12.4 Å². The van der Waals surface area contributed by atoms with E-state index in [9.17, 15) is 4.39 Å². The molecule has 2 aromatic rings. The average molecular weight is 287 g/mol. The highest BCUT2D eigenvalue weighted by molar-refractivity contribution is 5.30. The molecule has 2 N–H and O–H groups in total. The fourth-order valence-corrected chi connectivity index (χ4v) is 2.18. The summed E-state index contributed by atoms with van der Waals surface area (Å²) in [5.74, 6) is -0.0352. The van der Waals surface area contributed by atoms with Gasteiger partial charge < -0.3 is 10.5 Å². The van der Waals surface area contributed by atoms with Gasteiger partial charge in [-0.05, 0) is 49.4 Å². The van der Waals surface area contributed by atoms with E-state index >= 15 is 0 Å². The lowest BCUT2D eigenvalue weighted by Crippen LogP contribution is -2.06. The Labute approximate surface area is 125 Å². The number of ether oxygens (including phenoxy) is 1. The van der Waals surface area contributed by atoms with Gasteiger partial charge in [-0.2, -0.15) is 0 Å². The number of aryl methyl sites for hydroxylation is 1. The molecule has 0 saturated carbocycles. The Morgan fingerprint density at radius 1 is 1.10 bits per heavy atom. The van der Waals surface area contributed by atoms with E-state index < -0.39 is 0 Å². The van der Waals surface area contributed by atoms with Gasteiger partial charge in [0.2, 0.25) is 0 Å². The number of nitrogens with two attached hydrogens (primary N) is 1. The Bertz CT molecular complexity index is 554. The zero-order chi connectivity index (χ0) is 15.1. The molecule has 0 saturated heterocycles. The maximum atomic E-state index is 13.8. The van der Waals surface area contributed by atoms with E-state index in [1.54, 1.807) is 6.07 Å². The average Bonchev–Trinajstić information content (AvgIpc) is 2.49. The van der Waals surface area contributed by atoms with Crippen LogP contribution in [0.5, 0.6) is 5.75 Å². The van der Waals surface area contributed by atoms with Gasteiger partial charge in [0.15, 0.2) is 11.6 Å². The second-order valence-electron chi connectivity index (χ2n) is 5.27. The Balaban J connectivity index is 1.74. The van der Waals surface area contributed by atoms with Crippen molar-refractivity contribution in [2.75, 3.05) is 6.61 Å². The van der Waals surface area contributed by atoms with Crippen molar-refractivity contribution in [2.45, 2.75) is 32.2 Å². The van der Waals surface area contributed by atoms with Crippen molar-refractivity contribution in [3.8, 4) is 5.75 Å². The minimum absolute atomic E-state index is 0.167. The van der Waals surface area contributed by atoms with Gasteiger partial charge in [0, 0.05) is 6.04 Å². The molecule has 112 valence electrons. The number of unbranched alkanes of at least 4 members (excludes halogenated alkanes) is 1. The summed E-state index contributed by atoms with van der Waals surface area (Å²) in [7, 11) is 0. The van der Waals surface area contributed by atoms with Crippen LogP contribution in [0.25, 0.3) is 0 Å². The van der Waals surface area contributed by atoms with Crippen molar-refractivity contribution in [1.82, 2.24) is 0 Å². The summed E-state index contributed by atoms with van der Waals surface area (Å²) in [6.07, 6.45) is 2.96. The monoisotopic (exact) mass is 287 g/mol. The molecule has 0 aliphatic rings. The van der Waals surface area contributed by atoms with Crippen LogP contribution in [0.1, 0.15) is 36.9 Å². The number of rotatable bonds is 7. The van der Waals surface area contributed by atoms with Gasteiger partial charge in [0.1, 0.15) is 0 Å². The summed E-state index contributed by atoms with van der Waals surface area (Å²) >= 11 is 0. The number of hydrogen-bond acceptors (Lipinski definition) is 2. The lowest BCUT2D eigenvalue weighted by atomic mass is 10.1. The van der Waals surface area contributed by atoms with Crippen molar-refractivity contribution < 1.29 is 9.13 Å². The Morgan fingerprint density at radius 3 is 2.52 bits per heavy atom. The van der Waals surface area contributed by atoms with Crippen LogP contribution in [0.3, 0.4) is 0 Å². The van der Waals surface area contributed by atoms with E-state index in [2.05, 4.69) is 12.1 Å². The summed E-state index contributed by atoms with van der Waals surface area (Å²) in [6.45, 7) is 2.36. The fraction of sp³-hybridized carbons (Fsp3) is 0.333. The van der Waals surface area contributed by atoms with Gasteiger partial charge in [0.25, 0.3) is 0 Å². The van der Waals surface area contributed by atoms with Crippen LogP contribution in [0.15, 0.2) is 48.5 Å². The quantitative estimate of drug-likeness (QED) is 0.773. The molecule has 0 aliphatic carbocycles. The Kier molecular flexibility index (Phi) is 5.76. The van der Waals surface area contributed by atoms with Crippen LogP contribution in [0, 0.1) is 5.82 Å². The van der Waals surface area contributed by atoms with E-state index in [0.717, 1.165) is 24.8 Å². The molecule has 1 atom stereocenters. The van der Waals surface area contributed by atoms with E-state index in [1.807, 2.05) is 31.2 Å². The van der Waals surface area contributed by atoms with E-state index in [-0.39, 0.29) is 11.9 Å². The van der Waals surface area contributed by atoms with Gasteiger partial charge in [-0.25, -0.2) is 4.39 Å². The Hall–Kier alpha value is -1.87. The van der Waals surface area contributed by atoms with Crippen molar-refractivity contribution in [3.05, 3.63) is 65.5 Å². The maximum absolute atomic E-state index is 13.8. The maximum Gasteiger partial charge on any atom is 0.165 e. The van der Waals surface area contributed by atoms with Gasteiger partial charge >= 0.3 is 0 Å². The predicted molar refractivity (Wildman–Crippen MR) is 83.9 cm³/mol. The van der Waals surface area contributed by atoms with Crippen LogP contribution in [0.2, 0.25) is 0 Å². The normalized spacial score (nSPS) is 12.1. The molecule has 0 radical (unpaired) electrons. The lowest BCUT2D eigenvalue weighted by molar-refractivity contribution is 0.292. The third-order valence-electron chi connectivity index (χ3n) is 3.44. The SMILES string of the molecule is C[C@H](N)c1ccc(OCCCCc2ccccc2)c(F)c1. The molecule has 0 unspecified atom stereocenters. The molecule has 0 fully saturated rings. The second kappa shape index (κ2) is 7.79. The first kappa shape index (κ1) is 15.5. The molecule has 0 bridgehead atoms. The van der Waals surface area contributed by atoms with Crippen molar-refractivity contribution in [1.29, 1.82) is 0 Å². The first-order valence-electron chi connectivity index (χ1n) is 7.38. The Morgan fingerprint density at radius 2 is 1.86 bits per heavy atom.